The summed E-state index contributed by atoms with van der Waals surface area (Å²) < 4.78 is 0. The first kappa shape index (κ1) is 14.1. The van der Waals surface area contributed by atoms with Crippen LogP contribution in [0.15, 0.2) is 24.3 Å². The number of benzene rings is 1. The van der Waals surface area contributed by atoms with Crippen molar-refractivity contribution >= 4 is 39.6 Å². The summed E-state index contributed by atoms with van der Waals surface area (Å²) in [5.41, 5.74) is 13.2. The van der Waals surface area contributed by atoms with E-state index in [4.69, 9.17) is 23.1 Å². The summed E-state index contributed by atoms with van der Waals surface area (Å²) in [7, 11) is 0. The molecule has 2 aromatic rings. The molecule has 0 aliphatic heterocycles. The fraction of sp³-hybridized carbons (Fsp3) is 0.200. The molecular weight excluding hydrogens is 308 g/mol. The number of nitrogen functional groups attached to an aromatic ring is 1. The zero-order chi connectivity index (χ0) is 15.1. The van der Waals surface area contributed by atoms with Gasteiger partial charge >= 0.3 is 0 Å². The number of hydrogen-bond acceptors (Lipinski definition) is 4. The average Bonchev–Trinajstić information content (AvgIpc) is 2.75. The van der Waals surface area contributed by atoms with Gasteiger partial charge in [0, 0.05) is 11.4 Å². The van der Waals surface area contributed by atoms with Gasteiger partial charge in [-0.3, -0.25) is 9.59 Å². The number of primary amides is 1. The quantitative estimate of drug-likeness (QED) is 0.891. The highest BCUT2D eigenvalue weighted by Gasteiger charge is 2.32. The van der Waals surface area contributed by atoms with Crippen LogP contribution in [0.3, 0.4) is 0 Å². The Balaban J connectivity index is 2.05. The van der Waals surface area contributed by atoms with Crippen molar-refractivity contribution in [3.8, 4) is 0 Å². The van der Waals surface area contributed by atoms with Crippen LogP contribution in [0.25, 0.3) is 0 Å². The smallest absolute Gasteiger partial charge is 0.251 e. The van der Waals surface area contributed by atoms with E-state index in [2.05, 4.69) is 0 Å². The molecule has 0 radical (unpaired) electrons. The molecule has 4 N–H and O–H groups in total. The minimum absolute atomic E-state index is 0.00389. The van der Waals surface area contributed by atoms with E-state index >= 15 is 0 Å². The lowest BCUT2D eigenvalue weighted by molar-refractivity contribution is 0.0968. The van der Waals surface area contributed by atoms with Crippen LogP contribution in [-0.4, -0.2) is 11.7 Å². The number of hydrogen-bond donors (Lipinski definition) is 2. The van der Waals surface area contributed by atoms with E-state index in [-0.39, 0.29) is 11.7 Å². The van der Waals surface area contributed by atoms with Crippen LogP contribution in [0.1, 0.15) is 43.5 Å². The number of amides is 1. The largest absolute Gasteiger partial charge is 0.390 e. The maximum Gasteiger partial charge on any atom is 0.251 e. The van der Waals surface area contributed by atoms with Crippen LogP contribution >= 0.6 is 22.9 Å². The molecule has 1 aromatic carbocycles. The minimum Gasteiger partial charge on any atom is -0.390 e. The van der Waals surface area contributed by atoms with Crippen LogP contribution < -0.4 is 11.5 Å². The molecule has 1 atom stereocenters. The number of carbonyl (C=O) groups is 2. The molecule has 1 aromatic heterocycles. The van der Waals surface area contributed by atoms with Gasteiger partial charge < -0.3 is 11.5 Å². The van der Waals surface area contributed by atoms with Crippen molar-refractivity contribution in [3.05, 3.63) is 50.9 Å². The molecule has 6 heteroatoms. The molecule has 1 aliphatic carbocycles. The van der Waals surface area contributed by atoms with E-state index in [0.29, 0.717) is 38.9 Å². The van der Waals surface area contributed by atoms with Crippen molar-refractivity contribution in [3.63, 3.8) is 0 Å². The average molecular weight is 321 g/mol. The van der Waals surface area contributed by atoms with Crippen LogP contribution in [0.5, 0.6) is 0 Å². The van der Waals surface area contributed by atoms with Crippen molar-refractivity contribution in [1.29, 1.82) is 0 Å². The number of halogens is 1. The molecule has 0 saturated carbocycles. The second-order valence-corrected chi connectivity index (χ2v) is 6.59. The van der Waals surface area contributed by atoms with Gasteiger partial charge in [0.25, 0.3) is 5.91 Å². The van der Waals surface area contributed by atoms with Crippen molar-refractivity contribution in [2.45, 2.75) is 18.8 Å². The standard InChI is InChI=1S/C15H13ClN2O2S/c16-9-3-1-2-7(4-9)8-5-10-12(14(17)20)15(18)21-13(10)11(19)6-8/h1-4,8H,5-6,18H2,(H2,17,20). The van der Waals surface area contributed by atoms with Gasteiger partial charge in [0.2, 0.25) is 0 Å². The van der Waals surface area contributed by atoms with Crippen LogP contribution in [0.4, 0.5) is 5.00 Å². The topological polar surface area (TPSA) is 86.2 Å². The number of Topliss-reactive ketones (excluding diaryl/α,β-unsaturated/α-hetero) is 1. The Hall–Kier alpha value is -1.85. The number of fused-ring (bicyclic) bond motifs is 1. The molecule has 0 spiro atoms. The highest BCUT2D eigenvalue weighted by molar-refractivity contribution is 7.18. The van der Waals surface area contributed by atoms with E-state index in [9.17, 15) is 9.59 Å². The molecule has 0 bridgehead atoms. The number of ketones is 1. The third kappa shape index (κ3) is 2.43. The molecule has 108 valence electrons. The molecule has 1 heterocycles. The zero-order valence-corrected chi connectivity index (χ0v) is 12.6. The molecule has 1 aliphatic rings. The fourth-order valence-corrected chi connectivity index (χ4v) is 4.06. The monoisotopic (exact) mass is 320 g/mol. The Morgan fingerprint density at radius 2 is 2.10 bits per heavy atom. The molecule has 0 fully saturated rings. The molecule has 21 heavy (non-hydrogen) atoms. The number of anilines is 1. The lowest BCUT2D eigenvalue weighted by Crippen LogP contribution is -2.21. The number of carbonyl (C=O) groups excluding carboxylic acids is 2. The van der Waals surface area contributed by atoms with Gasteiger partial charge in [0.05, 0.1) is 15.4 Å². The van der Waals surface area contributed by atoms with E-state index in [1.807, 2.05) is 18.2 Å². The summed E-state index contributed by atoms with van der Waals surface area (Å²) in [4.78, 5) is 24.5. The molecular formula is C15H13ClN2O2S. The normalized spacial score (nSPS) is 17.6. The lowest BCUT2D eigenvalue weighted by Gasteiger charge is -2.22. The fourth-order valence-electron chi connectivity index (χ4n) is 2.81. The molecule has 4 nitrogen and oxygen atoms in total. The third-order valence-electron chi connectivity index (χ3n) is 3.74. The molecule has 1 unspecified atom stereocenters. The second kappa shape index (κ2) is 5.16. The summed E-state index contributed by atoms with van der Waals surface area (Å²) >= 11 is 7.16. The Bertz CT molecular complexity index is 754. The SMILES string of the molecule is NC(=O)c1c(N)sc2c1CC(c1cccc(Cl)c1)CC2=O. The van der Waals surface area contributed by atoms with Crippen molar-refractivity contribution < 1.29 is 9.59 Å². The van der Waals surface area contributed by atoms with E-state index in [1.165, 1.54) is 0 Å². The van der Waals surface area contributed by atoms with Gasteiger partial charge in [0.1, 0.15) is 0 Å². The Morgan fingerprint density at radius 3 is 2.76 bits per heavy atom. The van der Waals surface area contributed by atoms with Gasteiger partial charge in [-0.2, -0.15) is 0 Å². The minimum atomic E-state index is -0.579. The molecule has 0 saturated heterocycles. The Morgan fingerprint density at radius 1 is 1.33 bits per heavy atom. The Labute approximate surface area is 130 Å². The number of nitrogens with two attached hydrogens (primary N) is 2. The first-order valence-corrected chi connectivity index (χ1v) is 7.66. The number of rotatable bonds is 2. The van der Waals surface area contributed by atoms with Crippen LogP contribution in [-0.2, 0) is 6.42 Å². The van der Waals surface area contributed by atoms with Gasteiger partial charge in [0.15, 0.2) is 5.78 Å². The highest BCUT2D eigenvalue weighted by atomic mass is 35.5. The summed E-state index contributed by atoms with van der Waals surface area (Å²) in [6.07, 6.45) is 0.971. The summed E-state index contributed by atoms with van der Waals surface area (Å²) in [5.74, 6) is -0.578. The van der Waals surface area contributed by atoms with E-state index in [0.717, 1.165) is 16.9 Å². The predicted molar refractivity (Wildman–Crippen MR) is 84.1 cm³/mol. The molecule has 3 rings (SSSR count). The maximum absolute atomic E-state index is 12.3. The third-order valence-corrected chi connectivity index (χ3v) is 5.07. The van der Waals surface area contributed by atoms with Gasteiger partial charge in [-0.1, -0.05) is 23.7 Å². The van der Waals surface area contributed by atoms with Gasteiger partial charge in [-0.15, -0.1) is 11.3 Å². The highest BCUT2D eigenvalue weighted by Crippen LogP contribution is 2.41. The van der Waals surface area contributed by atoms with Crippen LogP contribution in [0.2, 0.25) is 5.02 Å². The van der Waals surface area contributed by atoms with Gasteiger partial charge in [-0.25, -0.2) is 0 Å². The van der Waals surface area contributed by atoms with Crippen molar-refractivity contribution in [2.24, 2.45) is 5.73 Å². The second-order valence-electron chi connectivity index (χ2n) is 5.10. The predicted octanol–water partition coefficient (Wildman–Crippen LogP) is 3.00. The van der Waals surface area contributed by atoms with Gasteiger partial charge in [-0.05, 0) is 35.6 Å². The van der Waals surface area contributed by atoms with Crippen molar-refractivity contribution in [1.82, 2.24) is 0 Å². The first-order valence-electron chi connectivity index (χ1n) is 6.47. The van der Waals surface area contributed by atoms with Crippen molar-refractivity contribution in [2.75, 3.05) is 5.73 Å². The lowest BCUT2D eigenvalue weighted by atomic mass is 9.81. The first-order chi connectivity index (χ1) is 9.97. The summed E-state index contributed by atoms with van der Waals surface area (Å²) in [6.45, 7) is 0. The summed E-state index contributed by atoms with van der Waals surface area (Å²) in [5, 5.41) is 0.957. The Kier molecular flexibility index (Phi) is 3.47. The van der Waals surface area contributed by atoms with Crippen LogP contribution in [0, 0.1) is 0 Å². The molecule has 1 amide bonds. The zero-order valence-electron chi connectivity index (χ0n) is 11.1. The van der Waals surface area contributed by atoms with E-state index < -0.39 is 5.91 Å². The maximum atomic E-state index is 12.3. The number of thiophene rings is 1. The van der Waals surface area contributed by atoms with E-state index in [1.54, 1.807) is 6.07 Å². The summed E-state index contributed by atoms with van der Waals surface area (Å²) in [6, 6.07) is 7.44.